The van der Waals surface area contributed by atoms with Crippen LogP contribution in [0.25, 0.3) is 0 Å². The Bertz CT molecular complexity index is 310. The average molecular weight is 264 g/mol. The molecule has 0 radical (unpaired) electrons. The summed E-state index contributed by atoms with van der Waals surface area (Å²) in [5, 5.41) is 9.62. The van der Waals surface area contributed by atoms with Crippen molar-refractivity contribution < 1.29 is 9.84 Å². The van der Waals surface area contributed by atoms with Gasteiger partial charge in [-0.1, -0.05) is 57.7 Å². The molecule has 1 aromatic rings. The molecule has 1 aromatic carbocycles. The third-order valence-corrected chi connectivity index (χ3v) is 3.57. The van der Waals surface area contributed by atoms with Crippen LogP contribution in [0.15, 0.2) is 30.3 Å². The van der Waals surface area contributed by atoms with Gasteiger partial charge in [0.25, 0.3) is 0 Å². The van der Waals surface area contributed by atoms with Crippen LogP contribution >= 0.6 is 0 Å². The van der Waals surface area contributed by atoms with Gasteiger partial charge < -0.3 is 9.84 Å². The summed E-state index contributed by atoms with van der Waals surface area (Å²) in [5.41, 5.74) is 0. The zero-order valence-electron chi connectivity index (χ0n) is 12.3. The number of hydrogen-bond acceptors (Lipinski definition) is 2. The quantitative estimate of drug-likeness (QED) is 0.634. The highest BCUT2D eigenvalue weighted by Gasteiger charge is 2.21. The van der Waals surface area contributed by atoms with Gasteiger partial charge in [0.15, 0.2) is 0 Å². The number of aliphatic hydroxyl groups is 1. The van der Waals surface area contributed by atoms with Crippen LogP contribution < -0.4 is 4.74 Å². The summed E-state index contributed by atoms with van der Waals surface area (Å²) in [6.07, 6.45) is 7.09. The maximum atomic E-state index is 9.62. The lowest BCUT2D eigenvalue weighted by molar-refractivity contribution is 0.0587. The van der Waals surface area contributed by atoms with Gasteiger partial charge in [0.1, 0.15) is 11.9 Å². The fourth-order valence-electron chi connectivity index (χ4n) is 2.50. The highest BCUT2D eigenvalue weighted by Crippen LogP contribution is 2.23. The summed E-state index contributed by atoms with van der Waals surface area (Å²) >= 11 is 0. The Balaban J connectivity index is 2.56. The molecular formula is C17H28O2. The second kappa shape index (κ2) is 9.85. The van der Waals surface area contributed by atoms with Crippen molar-refractivity contribution in [3.8, 4) is 5.75 Å². The van der Waals surface area contributed by atoms with Crippen LogP contribution in [0.1, 0.15) is 52.4 Å². The largest absolute Gasteiger partial charge is 0.488 e. The van der Waals surface area contributed by atoms with Gasteiger partial charge in [-0.05, 0) is 30.9 Å². The smallest absolute Gasteiger partial charge is 0.124 e. The van der Waals surface area contributed by atoms with E-state index in [1.54, 1.807) is 0 Å². The van der Waals surface area contributed by atoms with Gasteiger partial charge in [0, 0.05) is 0 Å². The molecule has 0 aliphatic heterocycles. The molecule has 2 atom stereocenters. The van der Waals surface area contributed by atoms with E-state index >= 15 is 0 Å². The molecule has 0 aliphatic rings. The van der Waals surface area contributed by atoms with Crippen LogP contribution in [-0.2, 0) is 0 Å². The maximum absolute atomic E-state index is 9.62. The number of unbranched alkanes of at least 4 members (excludes halogenated alkanes) is 2. The van der Waals surface area contributed by atoms with Crippen molar-refractivity contribution in [1.29, 1.82) is 0 Å². The van der Waals surface area contributed by atoms with E-state index in [9.17, 15) is 5.11 Å². The molecule has 0 spiro atoms. The molecule has 0 aromatic heterocycles. The van der Waals surface area contributed by atoms with Crippen molar-refractivity contribution in [3.05, 3.63) is 30.3 Å². The Morgan fingerprint density at radius 1 is 1.00 bits per heavy atom. The van der Waals surface area contributed by atoms with Crippen LogP contribution in [-0.4, -0.2) is 17.8 Å². The number of ether oxygens (including phenoxy) is 1. The van der Waals surface area contributed by atoms with E-state index in [2.05, 4.69) is 13.8 Å². The third-order valence-electron chi connectivity index (χ3n) is 3.57. The Kier molecular flexibility index (Phi) is 8.31. The standard InChI is InChI=1S/C17H28O2/c1-3-5-7-11-15(10-4-2)17(14-18)19-16-12-8-6-9-13-16/h6,8-9,12-13,15,17-18H,3-5,7,10-11,14H2,1-2H3. The van der Waals surface area contributed by atoms with Gasteiger partial charge in [-0.15, -0.1) is 0 Å². The number of hydrogen-bond donors (Lipinski definition) is 1. The third kappa shape index (κ3) is 6.11. The summed E-state index contributed by atoms with van der Waals surface area (Å²) in [5.74, 6) is 1.32. The van der Waals surface area contributed by atoms with Crippen LogP contribution in [0.3, 0.4) is 0 Å². The van der Waals surface area contributed by atoms with Gasteiger partial charge in [0.2, 0.25) is 0 Å². The van der Waals surface area contributed by atoms with Crippen LogP contribution in [0, 0.1) is 5.92 Å². The predicted octanol–water partition coefficient (Wildman–Crippen LogP) is 4.42. The van der Waals surface area contributed by atoms with E-state index in [0.717, 1.165) is 25.0 Å². The molecular weight excluding hydrogens is 236 g/mol. The summed E-state index contributed by atoms with van der Waals surface area (Å²) < 4.78 is 5.96. The van der Waals surface area contributed by atoms with E-state index in [4.69, 9.17) is 4.74 Å². The summed E-state index contributed by atoms with van der Waals surface area (Å²) in [6, 6.07) is 9.83. The maximum Gasteiger partial charge on any atom is 0.124 e. The van der Waals surface area contributed by atoms with E-state index in [1.165, 1.54) is 19.3 Å². The van der Waals surface area contributed by atoms with E-state index in [0.29, 0.717) is 5.92 Å². The minimum absolute atomic E-state index is 0.0702. The monoisotopic (exact) mass is 264 g/mol. The van der Waals surface area contributed by atoms with Crippen molar-refractivity contribution in [2.75, 3.05) is 6.61 Å². The second-order valence-corrected chi connectivity index (χ2v) is 5.20. The second-order valence-electron chi connectivity index (χ2n) is 5.20. The lowest BCUT2D eigenvalue weighted by atomic mass is 9.91. The van der Waals surface area contributed by atoms with Gasteiger partial charge >= 0.3 is 0 Å². The molecule has 19 heavy (non-hydrogen) atoms. The molecule has 0 fully saturated rings. The zero-order valence-corrected chi connectivity index (χ0v) is 12.3. The molecule has 2 unspecified atom stereocenters. The number of benzene rings is 1. The van der Waals surface area contributed by atoms with Gasteiger partial charge in [-0.3, -0.25) is 0 Å². The molecule has 1 N–H and O–H groups in total. The van der Waals surface area contributed by atoms with E-state index < -0.39 is 0 Å². The first kappa shape index (κ1) is 16.0. The summed E-state index contributed by atoms with van der Waals surface area (Å²) in [6.45, 7) is 4.52. The lowest BCUT2D eigenvalue weighted by Crippen LogP contribution is -2.30. The minimum atomic E-state index is -0.0702. The number of para-hydroxylation sites is 1. The first-order chi connectivity index (χ1) is 9.31. The molecule has 0 heterocycles. The normalized spacial score (nSPS) is 14.1. The number of aliphatic hydroxyl groups excluding tert-OH is 1. The Labute approximate surface area is 117 Å². The SMILES string of the molecule is CCCCCC(CCC)C(CO)Oc1ccccc1. The predicted molar refractivity (Wildman–Crippen MR) is 80.5 cm³/mol. The molecule has 108 valence electrons. The fraction of sp³-hybridized carbons (Fsp3) is 0.647. The van der Waals surface area contributed by atoms with Crippen molar-refractivity contribution in [2.45, 2.75) is 58.5 Å². The number of rotatable bonds is 10. The Hall–Kier alpha value is -1.02. The molecule has 0 saturated carbocycles. The fourth-order valence-corrected chi connectivity index (χ4v) is 2.50. The average Bonchev–Trinajstić information content (AvgIpc) is 2.45. The Morgan fingerprint density at radius 2 is 1.74 bits per heavy atom. The molecule has 0 bridgehead atoms. The van der Waals surface area contributed by atoms with Crippen molar-refractivity contribution in [1.82, 2.24) is 0 Å². The lowest BCUT2D eigenvalue weighted by Gasteiger charge is -2.26. The molecule has 2 nitrogen and oxygen atoms in total. The molecule has 1 rings (SSSR count). The first-order valence-electron chi connectivity index (χ1n) is 7.64. The molecule has 2 heteroatoms. The van der Waals surface area contributed by atoms with E-state index in [-0.39, 0.29) is 12.7 Å². The molecule has 0 saturated heterocycles. The Morgan fingerprint density at radius 3 is 2.32 bits per heavy atom. The first-order valence-corrected chi connectivity index (χ1v) is 7.64. The summed E-state index contributed by atoms with van der Waals surface area (Å²) in [7, 11) is 0. The van der Waals surface area contributed by atoms with Gasteiger partial charge in [0.05, 0.1) is 6.61 Å². The topological polar surface area (TPSA) is 29.5 Å². The highest BCUT2D eigenvalue weighted by atomic mass is 16.5. The van der Waals surface area contributed by atoms with E-state index in [1.807, 2.05) is 30.3 Å². The van der Waals surface area contributed by atoms with Crippen molar-refractivity contribution in [3.63, 3.8) is 0 Å². The highest BCUT2D eigenvalue weighted by molar-refractivity contribution is 5.21. The zero-order chi connectivity index (χ0) is 13.9. The van der Waals surface area contributed by atoms with Crippen molar-refractivity contribution >= 4 is 0 Å². The van der Waals surface area contributed by atoms with Crippen LogP contribution in [0.5, 0.6) is 5.75 Å². The van der Waals surface area contributed by atoms with Gasteiger partial charge in [-0.2, -0.15) is 0 Å². The molecule has 0 aliphatic carbocycles. The summed E-state index contributed by atoms with van der Waals surface area (Å²) in [4.78, 5) is 0. The van der Waals surface area contributed by atoms with Crippen molar-refractivity contribution in [2.24, 2.45) is 5.92 Å². The van der Waals surface area contributed by atoms with Crippen LogP contribution in [0.4, 0.5) is 0 Å². The van der Waals surface area contributed by atoms with Crippen LogP contribution in [0.2, 0.25) is 0 Å². The molecule has 0 amide bonds. The van der Waals surface area contributed by atoms with Gasteiger partial charge in [-0.25, -0.2) is 0 Å². The minimum Gasteiger partial charge on any atom is -0.488 e.